The smallest absolute Gasteiger partial charge is 0.315 e. The average Bonchev–Trinajstić information content (AvgIpc) is 2.99. The third kappa shape index (κ3) is 5.18. The second kappa shape index (κ2) is 8.63. The van der Waals surface area contributed by atoms with E-state index in [0.717, 1.165) is 44.5 Å². The van der Waals surface area contributed by atoms with E-state index in [1.165, 1.54) is 0 Å². The van der Waals surface area contributed by atoms with E-state index in [-0.39, 0.29) is 12.1 Å². The predicted molar refractivity (Wildman–Crippen MR) is 84.7 cm³/mol. The number of unbranched alkanes of at least 4 members (excludes halogenated alkanes) is 2. The molecule has 120 valence electrons. The molecule has 3 atom stereocenters. The van der Waals surface area contributed by atoms with Crippen molar-refractivity contribution in [2.75, 3.05) is 19.5 Å². The van der Waals surface area contributed by atoms with Crippen LogP contribution in [0.2, 0.25) is 0 Å². The Labute approximate surface area is 130 Å². The van der Waals surface area contributed by atoms with Crippen LogP contribution in [0.25, 0.3) is 0 Å². The zero-order valence-corrected chi connectivity index (χ0v) is 13.5. The van der Waals surface area contributed by atoms with E-state index < -0.39 is 0 Å². The molecule has 2 heterocycles. The van der Waals surface area contributed by atoms with Crippen LogP contribution in [0.1, 0.15) is 44.9 Å². The van der Waals surface area contributed by atoms with Gasteiger partial charge in [0.2, 0.25) is 0 Å². The molecule has 2 fully saturated rings. The largest absolute Gasteiger partial charge is 0.385 e. The van der Waals surface area contributed by atoms with E-state index in [1.807, 2.05) is 11.8 Å². The molecule has 0 saturated carbocycles. The van der Waals surface area contributed by atoms with Gasteiger partial charge in [-0.3, -0.25) is 4.79 Å². The highest BCUT2D eigenvalue weighted by atomic mass is 32.2. The summed E-state index contributed by atoms with van der Waals surface area (Å²) in [5, 5.41) is 6.46. The van der Waals surface area contributed by atoms with Crippen molar-refractivity contribution in [3.8, 4) is 0 Å². The van der Waals surface area contributed by atoms with Crippen molar-refractivity contribution >= 4 is 23.6 Å². The Hall–Kier alpha value is -0.750. The maximum atomic E-state index is 11.7. The van der Waals surface area contributed by atoms with Crippen LogP contribution in [-0.2, 0) is 9.53 Å². The van der Waals surface area contributed by atoms with Crippen molar-refractivity contribution in [3.05, 3.63) is 0 Å². The van der Waals surface area contributed by atoms with Crippen LogP contribution in [0, 0.1) is 0 Å². The first kappa shape index (κ1) is 16.6. The Kier molecular flexibility index (Phi) is 6.83. The Morgan fingerprint density at radius 1 is 1.24 bits per heavy atom. The summed E-state index contributed by atoms with van der Waals surface area (Å²) in [5.74, 6) is 1.38. The van der Waals surface area contributed by atoms with Gasteiger partial charge < -0.3 is 15.4 Å². The molecule has 0 spiro atoms. The zero-order valence-electron chi connectivity index (χ0n) is 12.7. The molecule has 0 bridgehead atoms. The molecular formula is C15H26N2O3S. The monoisotopic (exact) mass is 314 g/mol. The standard InChI is InChI=1S/C15H26N2O3S/c1-20-9-5-4-7-11(18)6-2-3-8-13-14-12(10-21-13)16-15(19)17-14/h12-14H,2-10H2,1H3,(H2,16,17,19). The molecule has 3 unspecified atom stereocenters. The van der Waals surface area contributed by atoms with Crippen molar-refractivity contribution < 1.29 is 14.3 Å². The molecule has 0 aromatic heterocycles. The topological polar surface area (TPSA) is 67.4 Å². The Balaban J connectivity index is 1.52. The lowest BCUT2D eigenvalue weighted by Crippen LogP contribution is -2.36. The summed E-state index contributed by atoms with van der Waals surface area (Å²) < 4.78 is 4.97. The number of hydrogen-bond acceptors (Lipinski definition) is 4. The number of carbonyl (C=O) groups excluding carboxylic acids is 2. The van der Waals surface area contributed by atoms with Crippen LogP contribution >= 0.6 is 11.8 Å². The highest BCUT2D eigenvalue weighted by molar-refractivity contribution is 8.00. The number of carbonyl (C=O) groups is 2. The number of amides is 2. The van der Waals surface area contributed by atoms with Gasteiger partial charge in [-0.1, -0.05) is 6.42 Å². The minimum atomic E-state index is -0.0264. The quantitative estimate of drug-likeness (QED) is 0.479. The first-order valence-electron chi connectivity index (χ1n) is 7.90. The number of hydrogen-bond donors (Lipinski definition) is 2. The van der Waals surface area contributed by atoms with Crippen molar-refractivity contribution in [2.45, 2.75) is 62.3 Å². The summed E-state index contributed by atoms with van der Waals surface area (Å²) in [5.41, 5.74) is 0. The molecule has 0 radical (unpaired) electrons. The van der Waals surface area contributed by atoms with Gasteiger partial charge in [0.1, 0.15) is 5.78 Å². The molecule has 2 rings (SSSR count). The number of urea groups is 1. The number of methoxy groups -OCH3 is 1. The number of ketones is 1. The Morgan fingerprint density at radius 3 is 2.76 bits per heavy atom. The molecule has 0 aromatic carbocycles. The minimum Gasteiger partial charge on any atom is -0.385 e. The summed E-state index contributed by atoms with van der Waals surface area (Å²) >= 11 is 1.94. The fourth-order valence-corrected chi connectivity index (χ4v) is 4.55. The highest BCUT2D eigenvalue weighted by Gasteiger charge is 2.42. The highest BCUT2D eigenvalue weighted by Crippen LogP contribution is 2.33. The van der Waals surface area contributed by atoms with E-state index >= 15 is 0 Å². The van der Waals surface area contributed by atoms with E-state index in [2.05, 4.69) is 10.6 Å². The summed E-state index contributed by atoms with van der Waals surface area (Å²) in [4.78, 5) is 23.0. The Bertz CT molecular complexity index is 365. The molecule has 21 heavy (non-hydrogen) atoms. The van der Waals surface area contributed by atoms with Crippen LogP contribution in [0.4, 0.5) is 4.79 Å². The van der Waals surface area contributed by atoms with Gasteiger partial charge >= 0.3 is 6.03 Å². The van der Waals surface area contributed by atoms with Gasteiger partial charge in [-0.05, 0) is 25.7 Å². The third-order valence-corrected chi connectivity index (χ3v) is 5.70. The number of ether oxygens (including phenoxy) is 1. The summed E-state index contributed by atoms with van der Waals surface area (Å²) in [6.45, 7) is 0.745. The summed E-state index contributed by atoms with van der Waals surface area (Å²) in [7, 11) is 1.69. The van der Waals surface area contributed by atoms with Gasteiger partial charge in [-0.2, -0.15) is 11.8 Å². The molecule has 2 saturated heterocycles. The van der Waals surface area contributed by atoms with Gasteiger partial charge in [0, 0.05) is 37.6 Å². The fourth-order valence-electron chi connectivity index (χ4n) is 3.00. The predicted octanol–water partition coefficient (Wildman–Crippen LogP) is 2.10. The van der Waals surface area contributed by atoms with E-state index in [9.17, 15) is 9.59 Å². The molecule has 2 amide bonds. The lowest BCUT2D eigenvalue weighted by Gasteiger charge is -2.16. The second-order valence-corrected chi connectivity index (χ2v) is 7.13. The van der Waals surface area contributed by atoms with Gasteiger partial charge in [0.25, 0.3) is 0 Å². The summed E-state index contributed by atoms with van der Waals surface area (Å²) in [6, 6.07) is 0.559. The molecule has 6 heteroatoms. The number of nitrogens with one attached hydrogen (secondary N) is 2. The number of fused-ring (bicyclic) bond motifs is 1. The van der Waals surface area contributed by atoms with Crippen molar-refractivity contribution in [3.63, 3.8) is 0 Å². The van der Waals surface area contributed by atoms with E-state index in [1.54, 1.807) is 7.11 Å². The fraction of sp³-hybridized carbons (Fsp3) is 0.867. The van der Waals surface area contributed by atoms with Gasteiger partial charge in [0.05, 0.1) is 12.1 Å². The van der Waals surface area contributed by atoms with Gasteiger partial charge in [0.15, 0.2) is 0 Å². The SMILES string of the molecule is COCCCCC(=O)CCCCC1SCC2NC(=O)NC21. The maximum absolute atomic E-state index is 11.7. The number of Topliss-reactive ketones (excluding diaryl/α,β-unsaturated/α-hetero) is 1. The second-order valence-electron chi connectivity index (χ2n) is 5.86. The molecule has 5 nitrogen and oxygen atoms in total. The Morgan fingerprint density at radius 2 is 2.00 bits per heavy atom. The number of rotatable bonds is 10. The lowest BCUT2D eigenvalue weighted by atomic mass is 10.0. The molecule has 0 aromatic rings. The van der Waals surface area contributed by atoms with Gasteiger partial charge in [-0.25, -0.2) is 4.79 Å². The van der Waals surface area contributed by atoms with Crippen LogP contribution in [0.3, 0.4) is 0 Å². The molecule has 2 N–H and O–H groups in total. The molecular weight excluding hydrogens is 288 g/mol. The average molecular weight is 314 g/mol. The van der Waals surface area contributed by atoms with E-state index in [0.29, 0.717) is 29.9 Å². The zero-order chi connectivity index (χ0) is 15.1. The lowest BCUT2D eigenvalue weighted by molar-refractivity contribution is -0.119. The molecule has 2 aliphatic rings. The van der Waals surface area contributed by atoms with Crippen molar-refractivity contribution in [2.24, 2.45) is 0 Å². The normalized spacial score (nSPS) is 27.3. The van der Waals surface area contributed by atoms with Crippen molar-refractivity contribution in [1.82, 2.24) is 10.6 Å². The van der Waals surface area contributed by atoms with E-state index in [4.69, 9.17) is 4.74 Å². The van der Waals surface area contributed by atoms with Gasteiger partial charge in [-0.15, -0.1) is 0 Å². The minimum absolute atomic E-state index is 0.0264. The first-order chi connectivity index (χ1) is 10.2. The van der Waals surface area contributed by atoms with Crippen LogP contribution in [-0.4, -0.2) is 48.6 Å². The first-order valence-corrected chi connectivity index (χ1v) is 8.95. The van der Waals surface area contributed by atoms with Crippen LogP contribution in [0.15, 0.2) is 0 Å². The van der Waals surface area contributed by atoms with Crippen molar-refractivity contribution in [1.29, 1.82) is 0 Å². The number of thioether (sulfide) groups is 1. The molecule has 2 aliphatic heterocycles. The maximum Gasteiger partial charge on any atom is 0.315 e. The van der Waals surface area contributed by atoms with Crippen LogP contribution < -0.4 is 10.6 Å². The third-order valence-electron chi connectivity index (χ3n) is 4.19. The molecule has 0 aliphatic carbocycles. The summed E-state index contributed by atoms with van der Waals surface area (Å²) in [6.07, 6.45) is 6.42. The van der Waals surface area contributed by atoms with Crippen LogP contribution in [0.5, 0.6) is 0 Å².